The Morgan fingerprint density at radius 2 is 2.05 bits per heavy atom. The van der Waals surface area contributed by atoms with Gasteiger partial charge in [0.2, 0.25) is 11.7 Å². The molecule has 1 heterocycles. The molecule has 22 heavy (non-hydrogen) atoms. The number of halogens is 2. The smallest absolute Gasteiger partial charge is 0.307 e. The van der Waals surface area contributed by atoms with Gasteiger partial charge in [0.05, 0.1) is 16.6 Å². The second kappa shape index (κ2) is 6.46. The predicted octanol–water partition coefficient (Wildman–Crippen LogP) is 1.27. The molecular weight excluding hydrogens is 300 g/mol. The van der Waals surface area contributed by atoms with Crippen LogP contribution >= 0.6 is 0 Å². The zero-order valence-corrected chi connectivity index (χ0v) is 11.4. The Balaban J connectivity index is 2.20. The van der Waals surface area contributed by atoms with E-state index in [-0.39, 0.29) is 0 Å². The van der Waals surface area contributed by atoms with Gasteiger partial charge in [-0.1, -0.05) is 0 Å². The molecule has 1 aromatic carbocycles. The fourth-order valence-electron chi connectivity index (χ4n) is 2.16. The van der Waals surface area contributed by atoms with E-state index in [1.165, 1.54) is 0 Å². The molecule has 1 saturated heterocycles. The molecule has 2 amide bonds. The fraction of sp³-hybridized carbons (Fsp3) is 0.385. The molecule has 0 aromatic heterocycles. The number of rotatable bonds is 3. The number of nitrogens with zero attached hydrogens (tertiary/aromatic N) is 1. The van der Waals surface area contributed by atoms with Crippen molar-refractivity contribution in [2.45, 2.75) is 25.3 Å². The number of hydrogen-bond acceptors (Lipinski definition) is 4. The van der Waals surface area contributed by atoms with Crippen LogP contribution in [0.5, 0.6) is 0 Å². The van der Waals surface area contributed by atoms with Crippen LogP contribution in [0.2, 0.25) is 0 Å². The molecule has 2 rings (SSSR count). The summed E-state index contributed by atoms with van der Waals surface area (Å²) in [5, 5.41) is 15.4. The van der Waals surface area contributed by atoms with E-state index in [2.05, 4.69) is 10.6 Å². The second-order valence-electron chi connectivity index (χ2n) is 4.85. The monoisotopic (exact) mass is 313 g/mol. The van der Waals surface area contributed by atoms with Crippen molar-refractivity contribution in [1.29, 1.82) is 0 Å². The number of nitro groups is 1. The molecule has 0 bridgehead atoms. The minimum absolute atomic E-state index is 0.345. The minimum Gasteiger partial charge on any atom is -0.354 e. The van der Waals surface area contributed by atoms with Gasteiger partial charge in [0.1, 0.15) is 11.9 Å². The highest BCUT2D eigenvalue weighted by molar-refractivity contribution is 5.98. The maximum absolute atomic E-state index is 13.7. The Bertz CT molecular complexity index is 636. The van der Waals surface area contributed by atoms with Crippen LogP contribution in [0.1, 0.15) is 29.6 Å². The highest BCUT2D eigenvalue weighted by atomic mass is 19.1. The first-order chi connectivity index (χ1) is 10.4. The van der Waals surface area contributed by atoms with E-state index in [1.54, 1.807) is 0 Å². The number of hydrogen-bond donors (Lipinski definition) is 2. The first kappa shape index (κ1) is 15.8. The first-order valence-electron chi connectivity index (χ1n) is 6.62. The van der Waals surface area contributed by atoms with Crippen LogP contribution in [-0.4, -0.2) is 29.3 Å². The molecule has 1 aliphatic rings. The Hall–Kier alpha value is -2.58. The third-order valence-corrected chi connectivity index (χ3v) is 3.32. The van der Waals surface area contributed by atoms with Gasteiger partial charge in [-0.2, -0.15) is 4.39 Å². The molecule has 0 aliphatic carbocycles. The Morgan fingerprint density at radius 1 is 1.32 bits per heavy atom. The number of amides is 2. The van der Waals surface area contributed by atoms with E-state index in [9.17, 15) is 28.5 Å². The van der Waals surface area contributed by atoms with Gasteiger partial charge in [-0.05, 0) is 25.3 Å². The van der Waals surface area contributed by atoms with Crippen molar-refractivity contribution < 1.29 is 23.3 Å². The Kier molecular flexibility index (Phi) is 4.64. The van der Waals surface area contributed by atoms with Gasteiger partial charge in [0, 0.05) is 6.54 Å². The Labute approximate surface area is 123 Å². The van der Waals surface area contributed by atoms with Crippen molar-refractivity contribution in [3.8, 4) is 0 Å². The summed E-state index contributed by atoms with van der Waals surface area (Å²) in [6.07, 6.45) is 1.84. The van der Waals surface area contributed by atoms with E-state index in [4.69, 9.17) is 0 Å². The van der Waals surface area contributed by atoms with Gasteiger partial charge >= 0.3 is 5.69 Å². The summed E-state index contributed by atoms with van der Waals surface area (Å²) in [5.41, 5.74) is -1.73. The molecule has 0 saturated carbocycles. The van der Waals surface area contributed by atoms with Crippen LogP contribution in [0.25, 0.3) is 0 Å². The summed E-state index contributed by atoms with van der Waals surface area (Å²) in [5.74, 6) is -3.93. The van der Waals surface area contributed by atoms with Crippen molar-refractivity contribution >= 4 is 17.5 Å². The average molecular weight is 313 g/mol. The first-order valence-corrected chi connectivity index (χ1v) is 6.62. The number of nitro benzene ring substituents is 1. The molecule has 7 nitrogen and oxygen atoms in total. The van der Waals surface area contributed by atoms with E-state index in [0.29, 0.717) is 31.5 Å². The molecule has 2 N–H and O–H groups in total. The van der Waals surface area contributed by atoms with Gasteiger partial charge in [-0.3, -0.25) is 19.7 Å². The number of carbonyl (C=O) groups is 2. The molecule has 0 radical (unpaired) electrons. The normalized spacial score (nSPS) is 18.3. The third kappa shape index (κ3) is 3.35. The SMILES string of the molecule is O=C(NC1CCCCNC1=O)c1cc(F)c([N+](=O)[O-])cc1F. The van der Waals surface area contributed by atoms with Crippen molar-refractivity contribution in [1.82, 2.24) is 10.6 Å². The highest BCUT2D eigenvalue weighted by Gasteiger charge is 2.26. The number of carbonyl (C=O) groups excluding carboxylic acids is 2. The summed E-state index contributed by atoms with van der Waals surface area (Å²) in [7, 11) is 0. The maximum Gasteiger partial charge on any atom is 0.307 e. The van der Waals surface area contributed by atoms with Crippen molar-refractivity contribution in [2.75, 3.05) is 6.54 Å². The number of nitrogens with one attached hydrogen (secondary N) is 2. The molecule has 1 aromatic rings. The fourth-order valence-corrected chi connectivity index (χ4v) is 2.16. The zero-order chi connectivity index (χ0) is 16.3. The van der Waals surface area contributed by atoms with Gasteiger partial charge in [0.15, 0.2) is 0 Å². The van der Waals surface area contributed by atoms with Crippen molar-refractivity contribution in [2.24, 2.45) is 0 Å². The molecule has 0 spiro atoms. The van der Waals surface area contributed by atoms with Crippen LogP contribution in [0, 0.1) is 21.7 Å². The quantitative estimate of drug-likeness (QED) is 0.648. The highest BCUT2D eigenvalue weighted by Crippen LogP contribution is 2.21. The minimum atomic E-state index is -1.32. The lowest BCUT2D eigenvalue weighted by Crippen LogP contribution is -2.45. The van der Waals surface area contributed by atoms with Crippen LogP contribution in [-0.2, 0) is 4.79 Å². The van der Waals surface area contributed by atoms with Gasteiger partial charge in [-0.25, -0.2) is 4.39 Å². The second-order valence-corrected chi connectivity index (χ2v) is 4.85. The summed E-state index contributed by atoms with van der Waals surface area (Å²) < 4.78 is 27.2. The average Bonchev–Trinajstić information content (AvgIpc) is 2.66. The van der Waals surface area contributed by atoms with E-state index in [1.807, 2.05) is 0 Å². The maximum atomic E-state index is 13.7. The summed E-state index contributed by atoms with van der Waals surface area (Å²) in [4.78, 5) is 33.1. The van der Waals surface area contributed by atoms with Crippen molar-refractivity contribution in [3.63, 3.8) is 0 Å². The van der Waals surface area contributed by atoms with E-state index < -0.39 is 45.7 Å². The van der Waals surface area contributed by atoms with Crippen molar-refractivity contribution in [3.05, 3.63) is 39.4 Å². The number of benzene rings is 1. The molecule has 1 aliphatic heterocycles. The summed E-state index contributed by atoms with van der Waals surface area (Å²) >= 11 is 0. The molecule has 1 fully saturated rings. The van der Waals surface area contributed by atoms with Crippen LogP contribution in [0.3, 0.4) is 0 Å². The largest absolute Gasteiger partial charge is 0.354 e. The van der Waals surface area contributed by atoms with Crippen LogP contribution in [0.4, 0.5) is 14.5 Å². The van der Waals surface area contributed by atoms with E-state index in [0.717, 1.165) is 6.42 Å². The lowest BCUT2D eigenvalue weighted by Gasteiger charge is -2.15. The van der Waals surface area contributed by atoms with Gasteiger partial charge in [0.25, 0.3) is 5.91 Å². The van der Waals surface area contributed by atoms with Crippen LogP contribution < -0.4 is 10.6 Å². The summed E-state index contributed by atoms with van der Waals surface area (Å²) in [6.45, 7) is 0.492. The lowest BCUT2D eigenvalue weighted by atomic mass is 10.1. The molecule has 1 unspecified atom stereocenters. The Morgan fingerprint density at radius 3 is 2.73 bits per heavy atom. The topological polar surface area (TPSA) is 101 Å². The molecular formula is C13H13F2N3O4. The van der Waals surface area contributed by atoms with Gasteiger partial charge in [-0.15, -0.1) is 0 Å². The van der Waals surface area contributed by atoms with E-state index >= 15 is 0 Å². The molecule has 9 heteroatoms. The lowest BCUT2D eigenvalue weighted by molar-refractivity contribution is -0.387. The molecule has 1 atom stereocenters. The van der Waals surface area contributed by atoms with Crippen LogP contribution in [0.15, 0.2) is 12.1 Å². The standard InChI is InChI=1S/C13H13F2N3O4/c14-8-6-11(18(21)22)9(15)5-7(8)12(19)17-10-3-1-2-4-16-13(10)20/h5-6,10H,1-4H2,(H,16,20)(H,17,19). The predicted molar refractivity (Wildman–Crippen MR) is 71.1 cm³/mol. The zero-order valence-electron chi connectivity index (χ0n) is 11.4. The van der Waals surface area contributed by atoms with Gasteiger partial charge < -0.3 is 10.6 Å². The third-order valence-electron chi connectivity index (χ3n) is 3.32. The summed E-state index contributed by atoms with van der Waals surface area (Å²) in [6, 6.07) is -0.0397. The molecule has 118 valence electrons.